The molecule has 330 valence electrons. The molecule has 8 rings (SSSR count). The van der Waals surface area contributed by atoms with Crippen LogP contribution >= 0.6 is 0 Å². The number of hydrogen-bond donors (Lipinski definition) is 1. The molecule has 5 heteroatoms. The number of aryl methyl sites for hydroxylation is 1. The fraction of sp³-hybridized carbons (Fsp3) is 0.288. The first-order valence-corrected chi connectivity index (χ1v) is 19.2. The van der Waals surface area contributed by atoms with Gasteiger partial charge in [0.1, 0.15) is 11.6 Å². The summed E-state index contributed by atoms with van der Waals surface area (Å²) in [6, 6.07) is 14.9. The van der Waals surface area contributed by atoms with Crippen molar-refractivity contribution in [3.8, 4) is 67.5 Å². The SMILES string of the molecule is [2H]c1nc(-c2[c-]c(-c3cccc4c3nc(-c3cc(C(C([2H])([2H])[2H])(C([2H])([2H])[2H])C([2H])([2H])[2H])cc(C(C([2H])([2H])[2H])(C([2H])([2H])[2H])C([2H])([2H])[2H])c3O)n4-c3ccc(-c4ccccc4)c(C([2H])([2H])[2H])c3)cc(C(C)(C)C)c2)c([2H])c(-c2c([2H])c([2H])c(C(C([2H])([2H])[2H])(C([2H])([2H])[2H])C([2H])([2H])[2H])c([2H])c2[2H])c1[2H].[Pt]. The zero-order valence-electron chi connectivity index (χ0n) is 71.3. The van der Waals surface area contributed by atoms with Gasteiger partial charge in [0.05, 0.1) is 26.2 Å². The predicted molar refractivity (Wildman–Crippen MR) is 266 cm³/mol. The largest absolute Gasteiger partial charge is 0.507 e. The van der Waals surface area contributed by atoms with Crippen molar-refractivity contribution in [3.63, 3.8) is 0 Å². The van der Waals surface area contributed by atoms with Crippen molar-refractivity contribution in [1.82, 2.24) is 14.5 Å². The molecule has 8 aromatic rings. The van der Waals surface area contributed by atoms with Crippen LogP contribution in [0.5, 0.6) is 5.75 Å². The van der Waals surface area contributed by atoms with E-state index in [-0.39, 0.29) is 71.7 Å². The van der Waals surface area contributed by atoms with Gasteiger partial charge in [0.15, 0.2) is 0 Å². The molecule has 2 aromatic heterocycles. The number of fused-ring (bicyclic) bond motifs is 1. The number of nitrogens with zero attached hydrogens (tertiary/aromatic N) is 3. The predicted octanol–water partition coefficient (Wildman–Crippen LogP) is 15.8. The molecule has 0 atom stereocenters. The Morgan fingerprint density at radius 2 is 1.30 bits per heavy atom. The van der Waals surface area contributed by atoms with Crippen molar-refractivity contribution in [2.75, 3.05) is 0 Å². The van der Waals surface area contributed by atoms with Crippen molar-refractivity contribution in [3.05, 3.63) is 167 Å². The van der Waals surface area contributed by atoms with E-state index in [1.807, 2.05) is 0 Å². The zero-order valence-corrected chi connectivity index (χ0v) is 36.5. The quantitative estimate of drug-likeness (QED) is 0.169. The van der Waals surface area contributed by atoms with E-state index in [2.05, 4.69) is 11.1 Å². The molecule has 64 heavy (non-hydrogen) atoms. The van der Waals surface area contributed by atoms with Gasteiger partial charge in [0.25, 0.3) is 0 Å². The first-order chi connectivity index (χ1) is 45.0. The molecule has 0 aliphatic heterocycles. The monoisotopic (exact) mass is 1060 g/mol. The maximum absolute atomic E-state index is 13.0. The molecule has 0 saturated carbocycles. The van der Waals surface area contributed by atoms with Gasteiger partial charge in [-0.05, 0) is 97.8 Å². The topological polar surface area (TPSA) is 50.9 Å². The Balaban J connectivity index is 0.0000143. The van der Waals surface area contributed by atoms with Gasteiger partial charge in [-0.25, -0.2) is 4.98 Å². The molecule has 0 fully saturated rings. The fourth-order valence-corrected chi connectivity index (χ4v) is 7.08. The van der Waals surface area contributed by atoms with Gasteiger partial charge in [-0.1, -0.05) is 178 Å². The summed E-state index contributed by atoms with van der Waals surface area (Å²) in [6.45, 7) is -35.9. The third-order valence-electron chi connectivity index (χ3n) is 10.3. The second-order valence-electron chi connectivity index (χ2n) is 16.1. The van der Waals surface area contributed by atoms with Gasteiger partial charge < -0.3 is 5.11 Å². The Bertz CT molecular complexity index is 4390. The van der Waals surface area contributed by atoms with Crippen molar-refractivity contribution in [2.24, 2.45) is 0 Å². The van der Waals surface area contributed by atoms with Crippen LogP contribution in [0.25, 0.3) is 72.7 Å². The van der Waals surface area contributed by atoms with Crippen molar-refractivity contribution >= 4 is 11.0 Å². The van der Waals surface area contributed by atoms with Gasteiger partial charge >= 0.3 is 0 Å². The molecule has 0 saturated heterocycles. The Morgan fingerprint density at radius 3 is 1.98 bits per heavy atom. The van der Waals surface area contributed by atoms with Crippen LogP contribution in [0.1, 0.15) is 161 Å². The number of aromatic hydroxyl groups is 1. The van der Waals surface area contributed by atoms with Crippen LogP contribution in [-0.2, 0) is 42.7 Å². The minimum absolute atomic E-state index is 0. The normalized spacial score (nSPS) is 22.8. The van der Waals surface area contributed by atoms with Gasteiger partial charge in [-0.3, -0.25) is 9.55 Å². The average Bonchev–Trinajstić information content (AvgIpc) is 1.68. The van der Waals surface area contributed by atoms with Crippen LogP contribution < -0.4 is 0 Å². The van der Waals surface area contributed by atoms with Crippen LogP contribution in [0.2, 0.25) is 0 Å². The number of benzene rings is 6. The first-order valence-electron chi connectivity index (χ1n) is 37.7. The average molecular weight is 1060 g/mol. The minimum atomic E-state index is -4.37. The third kappa shape index (κ3) is 9.18. The number of pyridine rings is 1. The van der Waals surface area contributed by atoms with Crippen LogP contribution in [0.4, 0.5) is 0 Å². The minimum Gasteiger partial charge on any atom is -0.507 e. The van der Waals surface area contributed by atoms with E-state index < -0.39 is 183 Å². The van der Waals surface area contributed by atoms with Crippen LogP contribution in [0.3, 0.4) is 0 Å². The Hall–Kier alpha value is -5.57. The number of imidazole rings is 1. The number of para-hydroxylation sites is 1. The first kappa shape index (κ1) is 18.7. The molecule has 0 radical (unpaired) electrons. The zero-order chi connectivity index (χ0) is 76.3. The number of rotatable bonds is 6. The second-order valence-corrected chi connectivity index (χ2v) is 16.1. The van der Waals surface area contributed by atoms with Crippen LogP contribution in [0.15, 0.2) is 133 Å². The number of phenolic OH excluding ortho intramolecular Hbond substituents is 1. The Morgan fingerprint density at radius 1 is 0.609 bits per heavy atom. The summed E-state index contributed by atoms with van der Waals surface area (Å²) in [5.41, 5.74) is -22.7. The van der Waals surface area contributed by atoms with E-state index in [1.165, 1.54) is 42.5 Å². The molecule has 0 spiro atoms. The van der Waals surface area contributed by atoms with Crippen molar-refractivity contribution in [1.29, 1.82) is 0 Å². The Labute approximate surface area is 448 Å². The molecule has 0 amide bonds. The molecule has 0 aliphatic rings. The molecule has 0 unspecified atom stereocenters. The molecule has 1 N–H and O–H groups in total. The van der Waals surface area contributed by atoms with Crippen LogP contribution in [-0.4, -0.2) is 19.6 Å². The van der Waals surface area contributed by atoms with E-state index in [0.29, 0.717) is 17.2 Å². The van der Waals surface area contributed by atoms with E-state index in [1.54, 1.807) is 51.1 Å². The van der Waals surface area contributed by atoms with Gasteiger partial charge in [-0.15, -0.1) is 29.3 Å². The van der Waals surface area contributed by atoms with Gasteiger partial charge in [-0.2, -0.15) is 0 Å². The summed E-state index contributed by atoms with van der Waals surface area (Å²) in [6.07, 6.45) is -1.000. The summed E-state index contributed by atoms with van der Waals surface area (Å²) in [5, 5.41) is 13.0. The van der Waals surface area contributed by atoms with E-state index in [9.17, 15) is 9.22 Å². The molecular weight excluding hydrogens is 962 g/mol. The van der Waals surface area contributed by atoms with E-state index in [4.69, 9.17) is 51.6 Å². The molecule has 0 bridgehead atoms. The summed E-state index contributed by atoms with van der Waals surface area (Å²) in [7, 11) is 0. The van der Waals surface area contributed by atoms with Gasteiger partial charge in [0, 0.05) is 85.3 Å². The maximum atomic E-state index is 13.0. The summed E-state index contributed by atoms with van der Waals surface area (Å²) >= 11 is 0. The number of phenols is 1. The van der Waals surface area contributed by atoms with Crippen LogP contribution in [0, 0.1) is 12.9 Å². The van der Waals surface area contributed by atoms with Crippen molar-refractivity contribution < 1.29 is 76.9 Å². The molecule has 0 aliphatic carbocycles. The van der Waals surface area contributed by atoms with E-state index >= 15 is 0 Å². The number of hydrogen-bond acceptors (Lipinski definition) is 3. The standard InChI is InChI=1S/C59H62N3O.Pt/c1-37-30-46(26-27-47(37)39-18-15-14-16-19-39)62-52-21-17-20-48(53(52)61-55(62)49-35-45(58(8,9)10)36-50(54(49)63)59(11,12)13)41-31-42(33-44(32-41)57(5,6)7)51-34-40(28-29-60-51)38-22-24-43(25-23-38)56(2,3)4;/h14-30,32-36,63H,1-13H3;/q-1;/i1D3,2D3,3D3,4D3,8D3,9D3,10D3,11D3,12D3,13D3,22D,23D,24D,25D,28D,29D,34D;. The Kier molecular flexibility index (Phi) is 5.00. The summed E-state index contributed by atoms with van der Waals surface area (Å²) < 4.78 is 323. The third-order valence-corrected chi connectivity index (χ3v) is 10.3. The maximum Gasteiger partial charge on any atom is 0.148 e. The van der Waals surface area contributed by atoms with E-state index in [0.717, 1.165) is 10.6 Å². The molecule has 2 heterocycles. The summed E-state index contributed by atoms with van der Waals surface area (Å²) in [4.78, 5) is 9.11. The second kappa shape index (κ2) is 17.1. The smallest absolute Gasteiger partial charge is 0.148 e. The molecule has 6 aromatic carbocycles. The fourth-order valence-electron chi connectivity index (χ4n) is 7.08. The number of aromatic nitrogens is 3. The molecular formula is C59H62N3OPt-. The summed E-state index contributed by atoms with van der Waals surface area (Å²) in [5.74, 6) is -2.47. The van der Waals surface area contributed by atoms with Crippen molar-refractivity contribution in [2.45, 2.75) is 111 Å². The van der Waals surface area contributed by atoms with Gasteiger partial charge in [0.2, 0.25) is 0 Å². The molecule has 4 nitrogen and oxygen atoms in total.